The number of halogens is 1. The highest BCUT2D eigenvalue weighted by Gasteiger charge is 2.39. The molecule has 1 aliphatic heterocycles. The average molecular weight is 312 g/mol. The first-order valence-electron chi connectivity index (χ1n) is 7.09. The summed E-state index contributed by atoms with van der Waals surface area (Å²) >= 11 is 8.09. The molecule has 1 aromatic rings. The second kappa shape index (κ2) is 5.90. The van der Waals surface area contributed by atoms with E-state index in [1.165, 1.54) is 44.6 Å². The molecule has 1 amide bonds. The van der Waals surface area contributed by atoms with Crippen molar-refractivity contribution in [1.82, 2.24) is 14.9 Å². The van der Waals surface area contributed by atoms with E-state index in [1.807, 2.05) is 16.7 Å². The van der Waals surface area contributed by atoms with E-state index in [1.54, 1.807) is 0 Å². The first-order chi connectivity index (χ1) is 9.70. The Kier molecular flexibility index (Phi) is 4.17. The highest BCUT2D eigenvalue weighted by Crippen LogP contribution is 2.43. The maximum atomic E-state index is 12.6. The lowest BCUT2D eigenvalue weighted by Crippen LogP contribution is -2.50. The zero-order valence-electron chi connectivity index (χ0n) is 11.3. The van der Waals surface area contributed by atoms with Crippen LogP contribution in [0.1, 0.15) is 42.6 Å². The van der Waals surface area contributed by atoms with E-state index in [-0.39, 0.29) is 10.7 Å². The molecule has 1 aliphatic carbocycles. The summed E-state index contributed by atoms with van der Waals surface area (Å²) < 4.78 is 0.270. The molecule has 0 atom stereocenters. The monoisotopic (exact) mass is 311 g/mol. The molecular weight excluding hydrogens is 294 g/mol. The topological polar surface area (TPSA) is 46.1 Å². The standard InChI is InChI=1S/C14H18ClN3OS/c15-11-8-16-10-17-12(11)13(19)18-6-7-20-14(9-18)4-2-1-3-5-14/h8,10H,1-7,9H2. The van der Waals surface area contributed by atoms with Crippen LogP contribution >= 0.6 is 23.4 Å². The Hall–Kier alpha value is -0.810. The molecule has 0 radical (unpaired) electrons. The van der Waals surface area contributed by atoms with E-state index in [9.17, 15) is 4.79 Å². The molecule has 108 valence electrons. The number of amides is 1. The van der Waals surface area contributed by atoms with Gasteiger partial charge in [0.25, 0.3) is 5.91 Å². The van der Waals surface area contributed by atoms with Gasteiger partial charge in [0.1, 0.15) is 12.0 Å². The lowest BCUT2D eigenvalue weighted by molar-refractivity contribution is 0.0724. The maximum absolute atomic E-state index is 12.6. The van der Waals surface area contributed by atoms with Gasteiger partial charge in [-0.25, -0.2) is 9.97 Å². The van der Waals surface area contributed by atoms with Crippen molar-refractivity contribution < 1.29 is 4.79 Å². The third-order valence-electron chi connectivity index (χ3n) is 4.17. The number of hydrogen-bond donors (Lipinski definition) is 0. The van der Waals surface area contributed by atoms with Gasteiger partial charge < -0.3 is 4.90 Å². The predicted octanol–water partition coefficient (Wildman–Crippen LogP) is 3.02. The third-order valence-corrected chi connectivity index (χ3v) is 5.98. The molecule has 1 saturated heterocycles. The normalized spacial score (nSPS) is 21.9. The summed E-state index contributed by atoms with van der Waals surface area (Å²) in [5.74, 6) is 0.955. The van der Waals surface area contributed by atoms with Gasteiger partial charge in [0.15, 0.2) is 0 Å². The van der Waals surface area contributed by atoms with Gasteiger partial charge in [0.2, 0.25) is 0 Å². The minimum absolute atomic E-state index is 0.0531. The van der Waals surface area contributed by atoms with Crippen LogP contribution < -0.4 is 0 Å². The van der Waals surface area contributed by atoms with Crippen molar-refractivity contribution in [3.63, 3.8) is 0 Å². The van der Waals surface area contributed by atoms with Crippen LogP contribution in [0.2, 0.25) is 5.02 Å². The van der Waals surface area contributed by atoms with E-state index >= 15 is 0 Å². The minimum Gasteiger partial charge on any atom is -0.335 e. The molecule has 4 nitrogen and oxygen atoms in total. The smallest absolute Gasteiger partial charge is 0.274 e. The van der Waals surface area contributed by atoms with Gasteiger partial charge in [-0.15, -0.1) is 0 Å². The van der Waals surface area contributed by atoms with Crippen molar-refractivity contribution in [2.24, 2.45) is 0 Å². The Morgan fingerprint density at radius 3 is 2.90 bits per heavy atom. The SMILES string of the molecule is O=C(c1ncncc1Cl)N1CCSC2(CCCCC2)C1. The lowest BCUT2D eigenvalue weighted by atomic mass is 9.87. The molecule has 2 aliphatic rings. The van der Waals surface area contributed by atoms with E-state index in [2.05, 4.69) is 9.97 Å². The number of nitrogens with zero attached hydrogens (tertiary/aromatic N) is 3. The molecule has 0 unspecified atom stereocenters. The summed E-state index contributed by atoms with van der Waals surface area (Å²) in [5.41, 5.74) is 0.333. The first kappa shape index (κ1) is 14.1. The van der Waals surface area contributed by atoms with Crippen molar-refractivity contribution in [3.8, 4) is 0 Å². The lowest BCUT2D eigenvalue weighted by Gasteiger charge is -2.44. The number of aromatic nitrogens is 2. The molecule has 0 bridgehead atoms. The van der Waals surface area contributed by atoms with E-state index in [4.69, 9.17) is 11.6 Å². The number of carbonyl (C=O) groups excluding carboxylic acids is 1. The molecule has 6 heteroatoms. The van der Waals surface area contributed by atoms with Crippen molar-refractivity contribution in [2.45, 2.75) is 36.9 Å². The van der Waals surface area contributed by atoms with Gasteiger partial charge >= 0.3 is 0 Å². The molecule has 3 rings (SSSR count). The summed E-state index contributed by atoms with van der Waals surface area (Å²) in [7, 11) is 0. The molecule has 0 N–H and O–H groups in total. The molecule has 2 heterocycles. The number of thioether (sulfide) groups is 1. The molecule has 20 heavy (non-hydrogen) atoms. The summed E-state index contributed by atoms with van der Waals surface area (Å²) in [6.45, 7) is 1.61. The Balaban J connectivity index is 1.77. The molecule has 1 saturated carbocycles. The van der Waals surface area contributed by atoms with Crippen molar-refractivity contribution in [1.29, 1.82) is 0 Å². The van der Waals surface area contributed by atoms with Crippen LogP contribution in [0, 0.1) is 0 Å². The number of hydrogen-bond acceptors (Lipinski definition) is 4. The Labute approximate surface area is 128 Å². The molecule has 0 aromatic carbocycles. The Bertz CT molecular complexity index is 499. The largest absolute Gasteiger partial charge is 0.335 e. The van der Waals surface area contributed by atoms with Crippen molar-refractivity contribution in [2.75, 3.05) is 18.8 Å². The fourth-order valence-electron chi connectivity index (χ4n) is 3.14. The Morgan fingerprint density at radius 2 is 2.15 bits per heavy atom. The van der Waals surface area contributed by atoms with Crippen LogP contribution in [0.5, 0.6) is 0 Å². The minimum atomic E-state index is -0.0531. The highest BCUT2D eigenvalue weighted by atomic mass is 35.5. The van der Waals surface area contributed by atoms with Crippen LogP contribution in [0.15, 0.2) is 12.5 Å². The Morgan fingerprint density at radius 1 is 1.35 bits per heavy atom. The molecule has 1 spiro atoms. The summed E-state index contributed by atoms with van der Waals surface area (Å²) in [6.07, 6.45) is 9.20. The predicted molar refractivity (Wildman–Crippen MR) is 81.2 cm³/mol. The summed E-state index contributed by atoms with van der Waals surface area (Å²) in [6, 6.07) is 0. The van der Waals surface area contributed by atoms with E-state index < -0.39 is 0 Å². The van der Waals surface area contributed by atoms with Crippen LogP contribution in [0.4, 0.5) is 0 Å². The van der Waals surface area contributed by atoms with Crippen molar-refractivity contribution >= 4 is 29.3 Å². The van der Waals surface area contributed by atoms with Crippen LogP contribution in [0.3, 0.4) is 0 Å². The van der Waals surface area contributed by atoms with Gasteiger partial charge in [-0.1, -0.05) is 30.9 Å². The van der Waals surface area contributed by atoms with Crippen LogP contribution in [-0.2, 0) is 0 Å². The summed E-state index contributed by atoms with van der Waals surface area (Å²) in [4.78, 5) is 22.4. The second-order valence-corrected chi connectivity index (χ2v) is 7.51. The van der Waals surface area contributed by atoms with E-state index in [0.717, 1.165) is 18.8 Å². The molecule has 2 fully saturated rings. The fraction of sp³-hybridized carbons (Fsp3) is 0.643. The van der Waals surface area contributed by atoms with E-state index in [0.29, 0.717) is 10.7 Å². The zero-order chi connectivity index (χ0) is 14.0. The maximum Gasteiger partial charge on any atom is 0.274 e. The number of carbonyl (C=O) groups is 1. The molecular formula is C14H18ClN3OS. The highest BCUT2D eigenvalue weighted by molar-refractivity contribution is 8.00. The molecule has 1 aromatic heterocycles. The number of rotatable bonds is 1. The van der Waals surface area contributed by atoms with Gasteiger partial charge in [-0.2, -0.15) is 11.8 Å². The van der Waals surface area contributed by atoms with Crippen molar-refractivity contribution in [3.05, 3.63) is 23.2 Å². The quantitative estimate of drug-likeness (QED) is 0.800. The van der Waals surface area contributed by atoms with Gasteiger partial charge in [-0.3, -0.25) is 4.79 Å². The van der Waals surface area contributed by atoms with Gasteiger partial charge in [0.05, 0.1) is 5.02 Å². The fourth-order valence-corrected chi connectivity index (χ4v) is 4.89. The summed E-state index contributed by atoms with van der Waals surface area (Å²) in [5, 5.41) is 0.341. The second-order valence-electron chi connectivity index (χ2n) is 5.54. The first-order valence-corrected chi connectivity index (χ1v) is 8.45. The van der Waals surface area contributed by atoms with Gasteiger partial charge in [-0.05, 0) is 12.8 Å². The van der Waals surface area contributed by atoms with Gasteiger partial charge in [0, 0.05) is 29.8 Å². The van der Waals surface area contributed by atoms with Crippen LogP contribution in [0.25, 0.3) is 0 Å². The average Bonchev–Trinajstić information content (AvgIpc) is 2.48. The zero-order valence-corrected chi connectivity index (χ0v) is 12.9. The van der Waals surface area contributed by atoms with Crippen LogP contribution in [-0.4, -0.2) is 44.4 Å². The third kappa shape index (κ3) is 2.79.